The lowest BCUT2D eigenvalue weighted by Gasteiger charge is -2.32. The lowest BCUT2D eigenvalue weighted by Crippen LogP contribution is -2.50. The van der Waals surface area contributed by atoms with E-state index in [1.165, 1.54) is 0 Å². The van der Waals surface area contributed by atoms with Gasteiger partial charge in [-0.2, -0.15) is 0 Å². The summed E-state index contributed by atoms with van der Waals surface area (Å²) in [5.41, 5.74) is 0. The maximum absolute atomic E-state index is 12.6. The SMILES string of the molecule is CC(Oc1ccccc1Br)C(=O)N1CCC(N2CCNCC2)C1. The molecule has 23 heavy (non-hydrogen) atoms. The lowest BCUT2D eigenvalue weighted by molar-refractivity contribution is -0.137. The second kappa shape index (κ2) is 7.64. The number of ether oxygens (including phenoxy) is 1. The van der Waals surface area contributed by atoms with Gasteiger partial charge in [-0.1, -0.05) is 12.1 Å². The van der Waals surface area contributed by atoms with Gasteiger partial charge in [-0.25, -0.2) is 0 Å². The van der Waals surface area contributed by atoms with Crippen LogP contribution in [-0.2, 0) is 4.79 Å². The van der Waals surface area contributed by atoms with Crippen molar-refractivity contribution in [2.45, 2.75) is 25.5 Å². The molecule has 0 saturated carbocycles. The monoisotopic (exact) mass is 381 g/mol. The molecule has 2 atom stereocenters. The minimum atomic E-state index is -0.463. The van der Waals surface area contributed by atoms with Gasteiger partial charge in [0.15, 0.2) is 6.10 Å². The minimum Gasteiger partial charge on any atom is -0.480 e. The molecule has 2 heterocycles. The Kier molecular flexibility index (Phi) is 5.56. The first-order valence-corrected chi connectivity index (χ1v) is 9.09. The van der Waals surface area contributed by atoms with Crippen molar-refractivity contribution in [3.05, 3.63) is 28.7 Å². The molecule has 2 aliphatic heterocycles. The molecule has 0 bridgehead atoms. The fourth-order valence-corrected chi connectivity index (χ4v) is 3.70. The molecule has 1 aromatic carbocycles. The van der Waals surface area contributed by atoms with E-state index in [1.807, 2.05) is 36.1 Å². The molecule has 2 saturated heterocycles. The molecular formula is C17H24BrN3O2. The van der Waals surface area contributed by atoms with E-state index >= 15 is 0 Å². The summed E-state index contributed by atoms with van der Waals surface area (Å²) in [5.74, 6) is 0.796. The zero-order valence-corrected chi connectivity index (χ0v) is 15.1. The van der Waals surface area contributed by atoms with Gasteiger partial charge in [0.2, 0.25) is 0 Å². The van der Waals surface area contributed by atoms with Crippen LogP contribution in [0.5, 0.6) is 5.75 Å². The van der Waals surface area contributed by atoms with Crippen molar-refractivity contribution in [2.75, 3.05) is 39.3 Å². The zero-order valence-electron chi connectivity index (χ0n) is 13.5. The van der Waals surface area contributed by atoms with Gasteiger partial charge in [0.25, 0.3) is 5.91 Å². The highest BCUT2D eigenvalue weighted by atomic mass is 79.9. The van der Waals surface area contributed by atoms with Crippen molar-refractivity contribution in [1.29, 1.82) is 0 Å². The molecule has 3 rings (SSSR count). The summed E-state index contributed by atoms with van der Waals surface area (Å²) in [4.78, 5) is 17.1. The highest BCUT2D eigenvalue weighted by molar-refractivity contribution is 9.10. The summed E-state index contributed by atoms with van der Waals surface area (Å²) in [7, 11) is 0. The third-order valence-corrected chi connectivity index (χ3v) is 5.29. The first kappa shape index (κ1) is 16.7. The van der Waals surface area contributed by atoms with Gasteiger partial charge < -0.3 is 15.0 Å². The number of piperazine rings is 1. The van der Waals surface area contributed by atoms with Gasteiger partial charge in [-0.15, -0.1) is 0 Å². The van der Waals surface area contributed by atoms with Crippen molar-refractivity contribution in [2.24, 2.45) is 0 Å². The van der Waals surface area contributed by atoms with Crippen molar-refractivity contribution in [1.82, 2.24) is 15.1 Å². The van der Waals surface area contributed by atoms with E-state index in [2.05, 4.69) is 26.1 Å². The molecule has 0 aromatic heterocycles. The molecule has 0 aliphatic carbocycles. The number of carbonyl (C=O) groups excluding carboxylic acids is 1. The number of likely N-dealkylation sites (tertiary alicyclic amines) is 1. The summed E-state index contributed by atoms with van der Waals surface area (Å²) in [6, 6.07) is 8.14. The maximum atomic E-state index is 12.6. The summed E-state index contributed by atoms with van der Waals surface area (Å²) >= 11 is 3.46. The van der Waals surface area contributed by atoms with Crippen LogP contribution in [-0.4, -0.2) is 67.1 Å². The number of benzene rings is 1. The second-order valence-electron chi connectivity index (χ2n) is 6.20. The van der Waals surface area contributed by atoms with Crippen LogP contribution in [0.25, 0.3) is 0 Å². The van der Waals surface area contributed by atoms with E-state index < -0.39 is 6.10 Å². The Morgan fingerprint density at radius 2 is 2.04 bits per heavy atom. The third kappa shape index (κ3) is 4.05. The molecule has 2 unspecified atom stereocenters. The van der Waals surface area contributed by atoms with Crippen LogP contribution >= 0.6 is 15.9 Å². The Bertz CT molecular complexity index is 548. The fourth-order valence-electron chi connectivity index (χ4n) is 3.33. The number of nitrogens with one attached hydrogen (secondary N) is 1. The average molecular weight is 382 g/mol. The topological polar surface area (TPSA) is 44.8 Å². The van der Waals surface area contributed by atoms with Crippen LogP contribution in [0.15, 0.2) is 28.7 Å². The van der Waals surface area contributed by atoms with Crippen LogP contribution in [0.2, 0.25) is 0 Å². The van der Waals surface area contributed by atoms with Crippen molar-refractivity contribution >= 4 is 21.8 Å². The van der Waals surface area contributed by atoms with E-state index in [9.17, 15) is 4.79 Å². The van der Waals surface area contributed by atoms with Gasteiger partial charge in [-0.3, -0.25) is 9.69 Å². The van der Waals surface area contributed by atoms with Gasteiger partial charge in [0.1, 0.15) is 5.75 Å². The van der Waals surface area contributed by atoms with E-state index in [0.717, 1.165) is 50.2 Å². The van der Waals surface area contributed by atoms with Gasteiger partial charge in [0, 0.05) is 45.3 Å². The highest BCUT2D eigenvalue weighted by Gasteiger charge is 2.33. The van der Waals surface area contributed by atoms with E-state index in [4.69, 9.17) is 4.74 Å². The summed E-state index contributed by atoms with van der Waals surface area (Å²) in [6.45, 7) is 7.74. The number of amides is 1. The molecule has 2 aliphatic rings. The molecule has 5 nitrogen and oxygen atoms in total. The standard InChI is InChI=1S/C17H24BrN3O2/c1-13(23-16-5-3-2-4-15(16)18)17(22)21-9-6-14(12-21)20-10-7-19-8-11-20/h2-5,13-14,19H,6-12H2,1H3. The smallest absolute Gasteiger partial charge is 0.263 e. The lowest BCUT2D eigenvalue weighted by atomic mass is 10.2. The predicted octanol–water partition coefficient (Wildman–Crippen LogP) is 1.72. The Hall–Kier alpha value is -1.11. The number of halogens is 1. The Morgan fingerprint density at radius 3 is 2.78 bits per heavy atom. The summed E-state index contributed by atoms with van der Waals surface area (Å²) in [5, 5.41) is 3.38. The Labute approximate surface area is 146 Å². The molecule has 1 aromatic rings. The first-order chi connectivity index (χ1) is 11.1. The number of hydrogen-bond acceptors (Lipinski definition) is 4. The largest absolute Gasteiger partial charge is 0.480 e. The van der Waals surface area contributed by atoms with E-state index in [0.29, 0.717) is 11.8 Å². The molecule has 126 valence electrons. The highest BCUT2D eigenvalue weighted by Crippen LogP contribution is 2.25. The third-order valence-electron chi connectivity index (χ3n) is 4.63. The van der Waals surface area contributed by atoms with Crippen LogP contribution < -0.4 is 10.1 Å². The van der Waals surface area contributed by atoms with Gasteiger partial charge in [0.05, 0.1) is 4.47 Å². The van der Waals surface area contributed by atoms with E-state index in [-0.39, 0.29) is 5.91 Å². The fraction of sp³-hybridized carbons (Fsp3) is 0.588. The van der Waals surface area contributed by atoms with Crippen molar-refractivity contribution in [3.63, 3.8) is 0 Å². The molecule has 0 spiro atoms. The Morgan fingerprint density at radius 1 is 1.30 bits per heavy atom. The predicted molar refractivity (Wildman–Crippen MR) is 93.7 cm³/mol. The number of para-hydroxylation sites is 1. The van der Waals surface area contributed by atoms with Gasteiger partial charge >= 0.3 is 0 Å². The molecule has 1 N–H and O–H groups in total. The minimum absolute atomic E-state index is 0.0818. The normalized spacial score (nSPS) is 23.7. The molecule has 1 amide bonds. The van der Waals surface area contributed by atoms with Crippen LogP contribution in [0, 0.1) is 0 Å². The van der Waals surface area contributed by atoms with Crippen LogP contribution in [0.4, 0.5) is 0 Å². The molecule has 0 radical (unpaired) electrons. The van der Waals surface area contributed by atoms with Crippen molar-refractivity contribution < 1.29 is 9.53 Å². The zero-order chi connectivity index (χ0) is 16.2. The average Bonchev–Trinajstić information content (AvgIpc) is 3.07. The van der Waals surface area contributed by atoms with E-state index in [1.54, 1.807) is 0 Å². The summed E-state index contributed by atoms with van der Waals surface area (Å²) < 4.78 is 6.71. The maximum Gasteiger partial charge on any atom is 0.263 e. The second-order valence-corrected chi connectivity index (χ2v) is 7.06. The van der Waals surface area contributed by atoms with Crippen LogP contribution in [0.1, 0.15) is 13.3 Å². The first-order valence-electron chi connectivity index (χ1n) is 8.30. The Balaban J connectivity index is 1.55. The molecule has 6 heteroatoms. The number of rotatable bonds is 4. The van der Waals surface area contributed by atoms with Gasteiger partial charge in [-0.05, 0) is 41.4 Å². The quantitative estimate of drug-likeness (QED) is 0.862. The van der Waals surface area contributed by atoms with Crippen molar-refractivity contribution in [3.8, 4) is 5.75 Å². The summed E-state index contributed by atoms with van der Waals surface area (Å²) in [6.07, 6.45) is 0.600. The molecular weight excluding hydrogens is 358 g/mol. The number of carbonyl (C=O) groups is 1. The number of hydrogen-bond donors (Lipinski definition) is 1. The van der Waals surface area contributed by atoms with Crippen LogP contribution in [0.3, 0.4) is 0 Å². The number of nitrogens with zero attached hydrogens (tertiary/aromatic N) is 2. The molecule has 2 fully saturated rings.